The summed E-state index contributed by atoms with van der Waals surface area (Å²) in [7, 11) is 0. The van der Waals surface area contributed by atoms with Crippen LogP contribution in [0.5, 0.6) is 0 Å². The molecule has 0 saturated heterocycles. The second-order valence-corrected chi connectivity index (χ2v) is 7.75. The van der Waals surface area contributed by atoms with Crippen LogP contribution in [0.25, 0.3) is 0 Å². The van der Waals surface area contributed by atoms with Gasteiger partial charge in [-0.05, 0) is 30.5 Å². The van der Waals surface area contributed by atoms with Crippen molar-refractivity contribution in [3.63, 3.8) is 0 Å². The molecule has 0 bridgehead atoms. The Morgan fingerprint density at radius 3 is 2.68 bits per heavy atom. The number of carbonyl (C=O) groups excluding carboxylic acids is 1. The van der Waals surface area contributed by atoms with Crippen molar-refractivity contribution in [2.24, 2.45) is 0 Å². The summed E-state index contributed by atoms with van der Waals surface area (Å²) in [6.45, 7) is 2.58. The summed E-state index contributed by atoms with van der Waals surface area (Å²) in [5.41, 5.74) is -1.13. The molecule has 1 aromatic carbocycles. The number of halogens is 3. The molecule has 5 nitrogen and oxygen atoms in total. The minimum Gasteiger partial charge on any atom is -0.325 e. The van der Waals surface area contributed by atoms with Gasteiger partial charge in [0.2, 0.25) is 5.91 Å². The number of rotatable bonds is 7. The van der Waals surface area contributed by atoms with E-state index in [2.05, 4.69) is 15.5 Å². The Bertz CT molecular complexity index is 939. The van der Waals surface area contributed by atoms with E-state index in [0.717, 1.165) is 28.5 Å². The Labute approximate surface area is 168 Å². The molecular weight excluding hydrogens is 409 g/mol. The maximum Gasteiger partial charge on any atom is 0.418 e. The van der Waals surface area contributed by atoms with Gasteiger partial charge in [0.15, 0.2) is 5.16 Å². The average Bonchev–Trinajstić information content (AvgIpc) is 3.29. The maximum absolute atomic E-state index is 13.0. The molecule has 0 radical (unpaired) electrons. The first kappa shape index (κ1) is 20.4. The van der Waals surface area contributed by atoms with Crippen molar-refractivity contribution in [1.82, 2.24) is 14.8 Å². The molecule has 0 saturated carbocycles. The zero-order valence-electron chi connectivity index (χ0n) is 14.9. The van der Waals surface area contributed by atoms with Crippen molar-refractivity contribution in [2.75, 3.05) is 11.1 Å². The summed E-state index contributed by atoms with van der Waals surface area (Å²) >= 11 is 2.77. The summed E-state index contributed by atoms with van der Waals surface area (Å²) in [5, 5.41) is 13.2. The minimum absolute atomic E-state index is 0.0661. The van der Waals surface area contributed by atoms with Crippen LogP contribution < -0.4 is 5.32 Å². The predicted octanol–water partition coefficient (Wildman–Crippen LogP) is 4.70. The van der Waals surface area contributed by atoms with Crippen LogP contribution in [0.3, 0.4) is 0 Å². The zero-order chi connectivity index (χ0) is 20.1. The van der Waals surface area contributed by atoms with Gasteiger partial charge in [-0.25, -0.2) is 0 Å². The Hall–Kier alpha value is -2.33. The predicted molar refractivity (Wildman–Crippen MR) is 104 cm³/mol. The van der Waals surface area contributed by atoms with Gasteiger partial charge in [0.05, 0.1) is 17.0 Å². The molecule has 28 heavy (non-hydrogen) atoms. The second kappa shape index (κ2) is 8.78. The minimum atomic E-state index is -4.53. The van der Waals surface area contributed by atoms with Gasteiger partial charge in [0, 0.05) is 17.8 Å². The molecule has 2 aromatic heterocycles. The van der Waals surface area contributed by atoms with Gasteiger partial charge >= 0.3 is 6.18 Å². The number of anilines is 1. The Morgan fingerprint density at radius 2 is 2.00 bits per heavy atom. The molecule has 0 aliphatic carbocycles. The van der Waals surface area contributed by atoms with Gasteiger partial charge in [0.25, 0.3) is 0 Å². The largest absolute Gasteiger partial charge is 0.418 e. The SMILES string of the molecule is CCn1c(Cc2cccs2)nnc1SCC(=O)Nc1ccccc1C(F)(F)F. The molecule has 1 N–H and O–H groups in total. The van der Waals surface area contributed by atoms with Crippen LogP contribution in [0, 0.1) is 0 Å². The van der Waals surface area contributed by atoms with Gasteiger partial charge in [-0.15, -0.1) is 21.5 Å². The monoisotopic (exact) mass is 426 g/mol. The van der Waals surface area contributed by atoms with E-state index in [9.17, 15) is 18.0 Å². The highest BCUT2D eigenvalue weighted by Gasteiger charge is 2.33. The molecule has 1 amide bonds. The van der Waals surface area contributed by atoms with Crippen LogP contribution in [-0.2, 0) is 23.9 Å². The summed E-state index contributed by atoms with van der Waals surface area (Å²) < 4.78 is 41.0. The van der Waals surface area contributed by atoms with E-state index in [0.29, 0.717) is 18.1 Å². The number of nitrogens with zero attached hydrogens (tertiary/aromatic N) is 3. The van der Waals surface area contributed by atoms with Crippen molar-refractivity contribution < 1.29 is 18.0 Å². The first-order valence-corrected chi connectivity index (χ1v) is 10.3. The Balaban J connectivity index is 1.65. The van der Waals surface area contributed by atoms with Crippen molar-refractivity contribution in [3.05, 3.63) is 58.0 Å². The molecule has 0 aliphatic heterocycles. The van der Waals surface area contributed by atoms with Crippen LogP contribution in [0.1, 0.15) is 23.2 Å². The highest BCUT2D eigenvalue weighted by Crippen LogP contribution is 2.34. The average molecular weight is 426 g/mol. The fraction of sp³-hybridized carbons (Fsp3) is 0.278. The van der Waals surface area contributed by atoms with Crippen LogP contribution in [0.15, 0.2) is 46.9 Å². The zero-order valence-corrected chi connectivity index (χ0v) is 16.5. The lowest BCUT2D eigenvalue weighted by molar-refractivity contribution is -0.137. The Morgan fingerprint density at radius 1 is 1.21 bits per heavy atom. The molecule has 0 fully saturated rings. The van der Waals surface area contributed by atoms with E-state index >= 15 is 0 Å². The molecule has 0 unspecified atom stereocenters. The fourth-order valence-corrected chi connectivity index (χ4v) is 4.12. The van der Waals surface area contributed by atoms with E-state index in [-0.39, 0.29) is 11.4 Å². The van der Waals surface area contributed by atoms with E-state index in [1.807, 2.05) is 29.0 Å². The molecule has 148 valence electrons. The molecule has 3 rings (SSSR count). The third-order valence-electron chi connectivity index (χ3n) is 3.86. The summed E-state index contributed by atoms with van der Waals surface area (Å²) in [5.74, 6) is 0.186. The molecule has 2 heterocycles. The lowest BCUT2D eigenvalue weighted by Crippen LogP contribution is -2.18. The van der Waals surface area contributed by atoms with Gasteiger partial charge in [-0.3, -0.25) is 4.79 Å². The van der Waals surface area contributed by atoms with E-state index in [1.54, 1.807) is 11.3 Å². The molecule has 10 heteroatoms. The number of thiophene rings is 1. The van der Waals surface area contributed by atoms with Gasteiger partial charge in [0.1, 0.15) is 5.82 Å². The molecule has 3 aromatic rings. The van der Waals surface area contributed by atoms with Crippen LogP contribution in [0.2, 0.25) is 0 Å². The van der Waals surface area contributed by atoms with Gasteiger partial charge in [-0.2, -0.15) is 13.2 Å². The third kappa shape index (κ3) is 4.93. The van der Waals surface area contributed by atoms with Crippen LogP contribution >= 0.6 is 23.1 Å². The summed E-state index contributed by atoms with van der Waals surface area (Å²) in [4.78, 5) is 13.3. The lowest BCUT2D eigenvalue weighted by Gasteiger charge is -2.13. The van der Waals surface area contributed by atoms with E-state index in [4.69, 9.17) is 0 Å². The topological polar surface area (TPSA) is 59.8 Å². The van der Waals surface area contributed by atoms with Crippen molar-refractivity contribution in [2.45, 2.75) is 31.2 Å². The number of alkyl halides is 3. The van der Waals surface area contributed by atoms with Crippen molar-refractivity contribution in [3.8, 4) is 0 Å². The van der Waals surface area contributed by atoms with Crippen LogP contribution in [-0.4, -0.2) is 26.4 Å². The molecule has 0 aliphatic rings. The van der Waals surface area contributed by atoms with E-state index < -0.39 is 17.6 Å². The first-order valence-electron chi connectivity index (χ1n) is 8.41. The number of carbonyl (C=O) groups is 1. The van der Waals surface area contributed by atoms with Gasteiger partial charge in [-0.1, -0.05) is 30.0 Å². The third-order valence-corrected chi connectivity index (χ3v) is 5.70. The van der Waals surface area contributed by atoms with Crippen molar-refractivity contribution in [1.29, 1.82) is 0 Å². The number of nitrogens with one attached hydrogen (secondary N) is 1. The fourth-order valence-electron chi connectivity index (χ4n) is 2.60. The first-order chi connectivity index (χ1) is 13.4. The molecule has 0 spiro atoms. The molecule has 0 atom stereocenters. The quantitative estimate of drug-likeness (QED) is 0.557. The second-order valence-electron chi connectivity index (χ2n) is 5.78. The number of hydrogen-bond donors (Lipinski definition) is 1. The standard InChI is InChI=1S/C18H17F3N4OS2/c1-2-25-15(10-12-6-5-9-27-12)23-24-17(25)28-11-16(26)22-14-8-4-3-7-13(14)18(19,20)21/h3-9H,2,10-11H2,1H3,(H,22,26). The molecular formula is C18H17F3N4OS2. The number of aromatic nitrogens is 3. The smallest absolute Gasteiger partial charge is 0.325 e. The number of hydrogen-bond acceptors (Lipinski definition) is 5. The maximum atomic E-state index is 13.0. The number of thioether (sulfide) groups is 1. The highest BCUT2D eigenvalue weighted by molar-refractivity contribution is 7.99. The van der Waals surface area contributed by atoms with Crippen LogP contribution in [0.4, 0.5) is 18.9 Å². The summed E-state index contributed by atoms with van der Waals surface area (Å²) in [6.07, 6.45) is -3.89. The number of benzene rings is 1. The highest BCUT2D eigenvalue weighted by atomic mass is 32.2. The van der Waals surface area contributed by atoms with Gasteiger partial charge < -0.3 is 9.88 Å². The normalized spacial score (nSPS) is 11.6. The number of para-hydroxylation sites is 1. The van der Waals surface area contributed by atoms with Crippen molar-refractivity contribution >= 4 is 34.7 Å². The lowest BCUT2D eigenvalue weighted by atomic mass is 10.1. The number of amides is 1. The Kier molecular flexibility index (Phi) is 6.40. The summed E-state index contributed by atoms with van der Waals surface area (Å²) in [6, 6.07) is 8.88. The van der Waals surface area contributed by atoms with E-state index in [1.165, 1.54) is 18.2 Å².